The van der Waals surface area contributed by atoms with Crippen LogP contribution in [0, 0.1) is 0 Å². The number of benzene rings is 1. The van der Waals surface area contributed by atoms with Crippen molar-refractivity contribution in [3.8, 4) is 0 Å². The van der Waals surface area contributed by atoms with E-state index in [-0.39, 0.29) is 5.92 Å². The Bertz CT molecular complexity index is 733. The summed E-state index contributed by atoms with van der Waals surface area (Å²) in [6, 6.07) is 9.48. The summed E-state index contributed by atoms with van der Waals surface area (Å²) in [5.41, 5.74) is 1.57. The van der Waals surface area contributed by atoms with Crippen molar-refractivity contribution in [3.05, 3.63) is 65.6 Å². The van der Waals surface area contributed by atoms with Crippen molar-refractivity contribution < 1.29 is 9.63 Å². The summed E-state index contributed by atoms with van der Waals surface area (Å²) in [5, 5.41) is 18.5. The van der Waals surface area contributed by atoms with Gasteiger partial charge in [-0.05, 0) is 5.56 Å². The summed E-state index contributed by atoms with van der Waals surface area (Å²) in [4.78, 5) is 4.32. The van der Waals surface area contributed by atoms with Crippen LogP contribution in [0.3, 0.4) is 0 Å². The van der Waals surface area contributed by atoms with Crippen LogP contribution >= 0.6 is 0 Å². The Kier molecular flexibility index (Phi) is 4.02. The maximum atomic E-state index is 10.3. The van der Waals surface area contributed by atoms with E-state index in [4.69, 9.17) is 4.52 Å². The van der Waals surface area contributed by atoms with Crippen LogP contribution in [-0.4, -0.2) is 25.0 Å². The molecule has 6 heteroatoms. The van der Waals surface area contributed by atoms with Crippen molar-refractivity contribution in [1.29, 1.82) is 0 Å². The molecule has 22 heavy (non-hydrogen) atoms. The molecule has 0 amide bonds. The molecule has 1 N–H and O–H groups in total. The minimum atomic E-state index is -0.691. The SMILES string of the molecule is CC(C)c1noc(Cn2cc([C@H](O)c3ccccc3)cn2)n1. The molecule has 0 saturated carbocycles. The number of aliphatic hydroxyl groups is 1. The second kappa shape index (κ2) is 6.11. The van der Waals surface area contributed by atoms with E-state index in [2.05, 4.69) is 15.2 Å². The van der Waals surface area contributed by atoms with E-state index in [1.165, 1.54) is 0 Å². The number of nitrogens with zero attached hydrogens (tertiary/aromatic N) is 4. The molecule has 0 fully saturated rings. The lowest BCUT2D eigenvalue weighted by Gasteiger charge is -2.07. The molecule has 3 aromatic rings. The van der Waals surface area contributed by atoms with Gasteiger partial charge in [0.2, 0.25) is 5.89 Å². The first-order valence-electron chi connectivity index (χ1n) is 7.21. The van der Waals surface area contributed by atoms with Gasteiger partial charge >= 0.3 is 0 Å². The zero-order valence-electron chi connectivity index (χ0n) is 12.5. The van der Waals surface area contributed by atoms with Crippen molar-refractivity contribution >= 4 is 0 Å². The first kappa shape index (κ1) is 14.5. The summed E-state index contributed by atoms with van der Waals surface area (Å²) < 4.78 is 6.88. The van der Waals surface area contributed by atoms with E-state index in [1.54, 1.807) is 17.1 Å². The molecule has 0 unspecified atom stereocenters. The van der Waals surface area contributed by atoms with Gasteiger partial charge in [0.25, 0.3) is 0 Å². The van der Waals surface area contributed by atoms with Crippen molar-refractivity contribution in [3.63, 3.8) is 0 Å². The summed E-state index contributed by atoms with van der Waals surface area (Å²) in [5.74, 6) is 1.42. The van der Waals surface area contributed by atoms with E-state index in [0.717, 1.165) is 11.1 Å². The fourth-order valence-electron chi connectivity index (χ4n) is 2.14. The molecule has 1 atom stereocenters. The van der Waals surface area contributed by atoms with Gasteiger partial charge in [0.1, 0.15) is 12.6 Å². The molecule has 0 aliphatic rings. The monoisotopic (exact) mass is 298 g/mol. The van der Waals surface area contributed by atoms with Crippen LogP contribution in [-0.2, 0) is 6.54 Å². The van der Waals surface area contributed by atoms with Gasteiger partial charge in [-0.3, -0.25) is 4.68 Å². The minimum absolute atomic E-state index is 0.227. The van der Waals surface area contributed by atoms with Crippen LogP contribution in [0.4, 0.5) is 0 Å². The number of aromatic nitrogens is 4. The summed E-state index contributed by atoms with van der Waals surface area (Å²) >= 11 is 0. The molecule has 2 aromatic heterocycles. The van der Waals surface area contributed by atoms with Gasteiger partial charge in [-0.25, -0.2) is 0 Å². The molecule has 0 saturated heterocycles. The molecule has 6 nitrogen and oxygen atoms in total. The largest absolute Gasteiger partial charge is 0.384 e. The smallest absolute Gasteiger partial charge is 0.248 e. The highest BCUT2D eigenvalue weighted by Crippen LogP contribution is 2.21. The standard InChI is InChI=1S/C16H18N4O2/c1-11(2)16-18-14(22-19-16)10-20-9-13(8-17-20)15(21)12-6-4-3-5-7-12/h3-9,11,15,21H,10H2,1-2H3/t15-/m1/s1. The molecule has 0 aliphatic heterocycles. The third-order valence-corrected chi connectivity index (χ3v) is 3.38. The third-order valence-electron chi connectivity index (χ3n) is 3.38. The van der Waals surface area contributed by atoms with Crippen LogP contribution in [0.25, 0.3) is 0 Å². The molecule has 0 spiro atoms. The molecule has 0 radical (unpaired) electrons. The van der Waals surface area contributed by atoms with Crippen molar-refractivity contribution in [2.24, 2.45) is 0 Å². The lowest BCUT2D eigenvalue weighted by molar-refractivity contribution is 0.220. The molecule has 3 rings (SSSR count). The summed E-state index contributed by atoms with van der Waals surface area (Å²) in [6.07, 6.45) is 2.75. The van der Waals surface area contributed by atoms with Crippen LogP contribution in [0.1, 0.15) is 48.7 Å². The van der Waals surface area contributed by atoms with Gasteiger partial charge in [0.05, 0.1) is 6.20 Å². The van der Waals surface area contributed by atoms with Crippen LogP contribution < -0.4 is 0 Å². The molecule has 0 bridgehead atoms. The van der Waals surface area contributed by atoms with E-state index < -0.39 is 6.10 Å². The van der Waals surface area contributed by atoms with Crippen LogP contribution in [0.15, 0.2) is 47.2 Å². The number of hydrogen-bond donors (Lipinski definition) is 1. The molecule has 114 valence electrons. The highest BCUT2D eigenvalue weighted by molar-refractivity contribution is 5.26. The van der Waals surface area contributed by atoms with Gasteiger partial charge in [-0.1, -0.05) is 49.3 Å². The first-order chi connectivity index (χ1) is 10.6. The second-order valence-corrected chi connectivity index (χ2v) is 5.49. The minimum Gasteiger partial charge on any atom is -0.384 e. The van der Waals surface area contributed by atoms with Crippen LogP contribution in [0.2, 0.25) is 0 Å². The number of aliphatic hydroxyl groups excluding tert-OH is 1. The molecular formula is C16H18N4O2. The Hall–Kier alpha value is -2.47. The number of hydrogen-bond acceptors (Lipinski definition) is 5. The van der Waals surface area contributed by atoms with E-state index in [0.29, 0.717) is 18.3 Å². The van der Waals surface area contributed by atoms with Crippen molar-refractivity contribution in [2.75, 3.05) is 0 Å². The zero-order chi connectivity index (χ0) is 15.5. The van der Waals surface area contributed by atoms with E-state index in [1.807, 2.05) is 44.2 Å². The molecular weight excluding hydrogens is 280 g/mol. The van der Waals surface area contributed by atoms with Gasteiger partial charge in [-0.2, -0.15) is 10.1 Å². The normalized spacial score (nSPS) is 12.7. The van der Waals surface area contributed by atoms with Crippen molar-refractivity contribution in [1.82, 2.24) is 19.9 Å². The molecule has 1 aromatic carbocycles. The van der Waals surface area contributed by atoms with Gasteiger partial charge in [-0.15, -0.1) is 0 Å². The second-order valence-electron chi connectivity index (χ2n) is 5.49. The Balaban J connectivity index is 1.73. The Morgan fingerprint density at radius 1 is 1.18 bits per heavy atom. The lowest BCUT2D eigenvalue weighted by atomic mass is 10.1. The maximum absolute atomic E-state index is 10.3. The fourth-order valence-corrected chi connectivity index (χ4v) is 2.14. The van der Waals surface area contributed by atoms with Crippen molar-refractivity contribution in [2.45, 2.75) is 32.4 Å². The van der Waals surface area contributed by atoms with E-state index in [9.17, 15) is 5.11 Å². The third kappa shape index (κ3) is 3.07. The highest BCUT2D eigenvalue weighted by Gasteiger charge is 2.14. The van der Waals surface area contributed by atoms with E-state index >= 15 is 0 Å². The average Bonchev–Trinajstić information content (AvgIpc) is 3.17. The lowest BCUT2D eigenvalue weighted by Crippen LogP contribution is -2.01. The summed E-state index contributed by atoms with van der Waals surface area (Å²) in [6.45, 7) is 4.41. The van der Waals surface area contributed by atoms with Gasteiger partial charge < -0.3 is 9.63 Å². The topological polar surface area (TPSA) is 77.0 Å². The van der Waals surface area contributed by atoms with Gasteiger partial charge in [0.15, 0.2) is 5.82 Å². The Morgan fingerprint density at radius 3 is 2.64 bits per heavy atom. The zero-order valence-corrected chi connectivity index (χ0v) is 12.5. The fraction of sp³-hybridized carbons (Fsp3) is 0.312. The average molecular weight is 298 g/mol. The highest BCUT2D eigenvalue weighted by atomic mass is 16.5. The Labute approximate surface area is 128 Å². The van der Waals surface area contributed by atoms with Gasteiger partial charge in [0, 0.05) is 17.7 Å². The maximum Gasteiger partial charge on any atom is 0.248 e. The van der Waals surface area contributed by atoms with Crippen LogP contribution in [0.5, 0.6) is 0 Å². The predicted octanol–water partition coefficient (Wildman–Crippen LogP) is 2.52. The first-order valence-corrected chi connectivity index (χ1v) is 7.21. The quantitative estimate of drug-likeness (QED) is 0.783. The predicted molar refractivity (Wildman–Crippen MR) is 80.2 cm³/mol. The molecule has 0 aliphatic carbocycles. The number of rotatable bonds is 5. The Morgan fingerprint density at radius 2 is 1.95 bits per heavy atom. The summed E-state index contributed by atoms with van der Waals surface area (Å²) in [7, 11) is 0. The molecule has 2 heterocycles.